The summed E-state index contributed by atoms with van der Waals surface area (Å²) in [5.74, 6) is 1.32. The number of nitriles is 1. The zero-order valence-electron chi connectivity index (χ0n) is 12.5. The van der Waals surface area contributed by atoms with Crippen LogP contribution in [0.25, 0.3) is 0 Å². The summed E-state index contributed by atoms with van der Waals surface area (Å²) >= 11 is 3.52. The summed E-state index contributed by atoms with van der Waals surface area (Å²) in [7, 11) is 0. The van der Waals surface area contributed by atoms with Crippen LogP contribution in [-0.2, 0) is 4.79 Å². The predicted octanol–water partition coefficient (Wildman–Crippen LogP) is 2.73. The van der Waals surface area contributed by atoms with Gasteiger partial charge in [-0.1, -0.05) is 15.9 Å². The first-order valence-corrected chi connectivity index (χ1v) is 9.40. The SMILES string of the molecule is N#CN1CCC[C@@H]2[C@@H]1[C@H](CCCBr)CN1C(=O)CCC[C@H]21. The van der Waals surface area contributed by atoms with E-state index in [0.29, 0.717) is 29.8 Å². The molecule has 1 amide bonds. The predicted molar refractivity (Wildman–Crippen MR) is 84.7 cm³/mol. The highest BCUT2D eigenvalue weighted by molar-refractivity contribution is 9.09. The monoisotopic (exact) mass is 353 g/mol. The van der Waals surface area contributed by atoms with E-state index in [9.17, 15) is 10.1 Å². The van der Waals surface area contributed by atoms with Crippen molar-refractivity contribution in [2.75, 3.05) is 18.4 Å². The highest BCUT2D eigenvalue weighted by atomic mass is 79.9. The molecule has 3 saturated heterocycles. The van der Waals surface area contributed by atoms with E-state index in [4.69, 9.17) is 0 Å². The van der Waals surface area contributed by atoms with Crippen LogP contribution in [-0.4, -0.2) is 46.2 Å². The number of halogens is 1. The Morgan fingerprint density at radius 1 is 1.33 bits per heavy atom. The maximum atomic E-state index is 12.3. The van der Waals surface area contributed by atoms with Crippen LogP contribution in [0.4, 0.5) is 0 Å². The Hall–Kier alpha value is -0.760. The van der Waals surface area contributed by atoms with Gasteiger partial charge in [0.05, 0.1) is 0 Å². The highest BCUT2D eigenvalue weighted by Gasteiger charge is 2.49. The third-order valence-corrected chi connectivity index (χ3v) is 6.15. The van der Waals surface area contributed by atoms with Crippen molar-refractivity contribution < 1.29 is 4.79 Å². The molecule has 0 bridgehead atoms. The summed E-state index contributed by atoms with van der Waals surface area (Å²) in [6.45, 7) is 1.78. The van der Waals surface area contributed by atoms with Crippen LogP contribution >= 0.6 is 15.9 Å². The largest absolute Gasteiger partial charge is 0.339 e. The molecule has 0 aromatic carbocycles. The molecular weight excluding hydrogens is 330 g/mol. The van der Waals surface area contributed by atoms with E-state index in [-0.39, 0.29) is 0 Å². The summed E-state index contributed by atoms with van der Waals surface area (Å²) in [5, 5.41) is 10.5. The van der Waals surface area contributed by atoms with Crippen molar-refractivity contribution in [1.82, 2.24) is 9.80 Å². The van der Waals surface area contributed by atoms with Crippen molar-refractivity contribution in [2.45, 2.75) is 57.0 Å². The van der Waals surface area contributed by atoms with E-state index < -0.39 is 0 Å². The molecule has 3 rings (SSSR count). The van der Waals surface area contributed by atoms with Gasteiger partial charge in [-0.05, 0) is 44.4 Å². The second kappa shape index (κ2) is 6.56. The maximum absolute atomic E-state index is 12.3. The molecular formula is C16H24BrN3O. The molecule has 3 aliphatic rings. The van der Waals surface area contributed by atoms with Crippen molar-refractivity contribution in [1.29, 1.82) is 5.26 Å². The molecule has 0 spiro atoms. The molecule has 3 aliphatic heterocycles. The van der Waals surface area contributed by atoms with Crippen molar-refractivity contribution in [3.63, 3.8) is 0 Å². The van der Waals surface area contributed by atoms with E-state index in [1.807, 2.05) is 4.90 Å². The maximum Gasteiger partial charge on any atom is 0.222 e. The fourth-order valence-corrected chi connectivity index (χ4v) is 5.10. The van der Waals surface area contributed by atoms with Crippen LogP contribution in [0.5, 0.6) is 0 Å². The molecule has 0 aromatic heterocycles. The average Bonchev–Trinajstić information content (AvgIpc) is 2.52. The third kappa shape index (κ3) is 2.79. The molecule has 0 aliphatic carbocycles. The summed E-state index contributed by atoms with van der Waals surface area (Å²) in [6, 6.07) is 0.766. The van der Waals surface area contributed by atoms with Crippen LogP contribution in [0.1, 0.15) is 44.9 Å². The second-order valence-corrected chi connectivity index (χ2v) is 7.48. The van der Waals surface area contributed by atoms with E-state index >= 15 is 0 Å². The number of alkyl halides is 1. The number of rotatable bonds is 3. The quantitative estimate of drug-likeness (QED) is 0.578. The first kappa shape index (κ1) is 15.1. The van der Waals surface area contributed by atoms with Gasteiger partial charge in [-0.25, -0.2) is 0 Å². The Morgan fingerprint density at radius 3 is 2.95 bits per heavy atom. The van der Waals surface area contributed by atoms with Crippen LogP contribution in [0.3, 0.4) is 0 Å². The zero-order chi connectivity index (χ0) is 14.8. The van der Waals surface area contributed by atoms with Crippen LogP contribution < -0.4 is 0 Å². The van der Waals surface area contributed by atoms with Gasteiger partial charge in [0.2, 0.25) is 5.91 Å². The summed E-state index contributed by atoms with van der Waals surface area (Å²) in [6.07, 6.45) is 9.84. The molecule has 4 atom stereocenters. The Kier molecular flexibility index (Phi) is 4.73. The Morgan fingerprint density at radius 2 is 2.19 bits per heavy atom. The van der Waals surface area contributed by atoms with Gasteiger partial charge < -0.3 is 9.80 Å². The number of hydrogen-bond acceptors (Lipinski definition) is 3. The number of piperidine rings is 3. The van der Waals surface area contributed by atoms with E-state index in [0.717, 1.165) is 56.9 Å². The van der Waals surface area contributed by atoms with Crippen molar-refractivity contribution in [2.24, 2.45) is 11.8 Å². The van der Waals surface area contributed by atoms with Gasteiger partial charge in [-0.15, -0.1) is 0 Å². The first-order chi connectivity index (χ1) is 10.3. The summed E-state index contributed by atoms with van der Waals surface area (Å²) < 4.78 is 0. The minimum absolute atomic E-state index is 0.350. The van der Waals surface area contributed by atoms with Gasteiger partial charge in [-0.2, -0.15) is 5.26 Å². The number of carbonyl (C=O) groups is 1. The second-order valence-electron chi connectivity index (χ2n) is 6.69. The van der Waals surface area contributed by atoms with Gasteiger partial charge in [0.15, 0.2) is 6.19 Å². The van der Waals surface area contributed by atoms with Crippen LogP contribution in [0.15, 0.2) is 0 Å². The Labute approximate surface area is 135 Å². The van der Waals surface area contributed by atoms with E-state index in [1.54, 1.807) is 0 Å². The molecule has 116 valence electrons. The molecule has 3 fully saturated rings. The Bertz CT molecular complexity index is 436. The topological polar surface area (TPSA) is 47.3 Å². The molecule has 0 N–H and O–H groups in total. The zero-order valence-corrected chi connectivity index (χ0v) is 14.1. The first-order valence-electron chi connectivity index (χ1n) is 8.28. The minimum Gasteiger partial charge on any atom is -0.339 e. The van der Waals surface area contributed by atoms with Crippen molar-refractivity contribution in [3.05, 3.63) is 0 Å². The van der Waals surface area contributed by atoms with Crippen molar-refractivity contribution in [3.8, 4) is 6.19 Å². The Balaban J connectivity index is 1.85. The molecule has 0 aromatic rings. The van der Waals surface area contributed by atoms with E-state index in [1.165, 1.54) is 6.42 Å². The number of nitrogens with zero attached hydrogens (tertiary/aromatic N) is 3. The number of amides is 1. The molecule has 21 heavy (non-hydrogen) atoms. The number of carbonyl (C=O) groups excluding carboxylic acids is 1. The molecule has 0 saturated carbocycles. The molecule has 0 unspecified atom stereocenters. The fourth-order valence-electron chi connectivity index (χ4n) is 4.78. The molecule has 5 heteroatoms. The number of hydrogen-bond donors (Lipinski definition) is 0. The lowest BCUT2D eigenvalue weighted by atomic mass is 9.69. The molecule has 4 nitrogen and oxygen atoms in total. The van der Waals surface area contributed by atoms with Gasteiger partial charge in [0.25, 0.3) is 0 Å². The van der Waals surface area contributed by atoms with Gasteiger partial charge in [0.1, 0.15) is 0 Å². The fraction of sp³-hybridized carbons (Fsp3) is 0.875. The third-order valence-electron chi connectivity index (χ3n) is 5.59. The number of fused-ring (bicyclic) bond motifs is 3. The van der Waals surface area contributed by atoms with E-state index in [2.05, 4.69) is 27.0 Å². The van der Waals surface area contributed by atoms with Gasteiger partial charge >= 0.3 is 0 Å². The highest BCUT2D eigenvalue weighted by Crippen LogP contribution is 2.42. The average molecular weight is 354 g/mol. The standard InChI is InChI=1S/C16H24BrN3O/c17-8-2-4-12-10-20-14(6-1-7-15(20)21)13-5-3-9-19(11-18)16(12)13/h12-14,16H,1-10H2/t12-,13+,14-,16+/m1/s1. The van der Waals surface area contributed by atoms with Gasteiger partial charge in [0, 0.05) is 42.8 Å². The summed E-state index contributed by atoms with van der Waals surface area (Å²) in [5.41, 5.74) is 0. The molecule has 3 heterocycles. The number of likely N-dealkylation sites (tertiary alicyclic amines) is 1. The lowest BCUT2D eigenvalue weighted by Gasteiger charge is -2.55. The normalized spacial score (nSPS) is 35.9. The van der Waals surface area contributed by atoms with Crippen LogP contribution in [0, 0.1) is 23.3 Å². The lowest BCUT2D eigenvalue weighted by molar-refractivity contribution is -0.146. The lowest BCUT2D eigenvalue weighted by Crippen LogP contribution is -2.64. The minimum atomic E-state index is 0.350. The van der Waals surface area contributed by atoms with Crippen LogP contribution in [0.2, 0.25) is 0 Å². The smallest absolute Gasteiger partial charge is 0.222 e. The summed E-state index contributed by atoms with van der Waals surface area (Å²) in [4.78, 5) is 16.5. The van der Waals surface area contributed by atoms with Gasteiger partial charge in [-0.3, -0.25) is 4.79 Å². The van der Waals surface area contributed by atoms with Crippen molar-refractivity contribution >= 4 is 21.8 Å². The molecule has 0 radical (unpaired) electrons.